The highest BCUT2D eigenvalue weighted by atomic mass is 127. The van der Waals surface area contributed by atoms with Crippen molar-refractivity contribution in [3.05, 3.63) is 84.8 Å². The highest BCUT2D eigenvalue weighted by Crippen LogP contribution is 2.36. The number of urea groups is 1. The van der Waals surface area contributed by atoms with Crippen molar-refractivity contribution in [2.45, 2.75) is 13.2 Å². The van der Waals surface area contributed by atoms with Crippen molar-refractivity contribution in [1.82, 2.24) is 10.2 Å². The number of imide groups is 2. The van der Waals surface area contributed by atoms with Gasteiger partial charge in [0.15, 0.2) is 11.5 Å². The van der Waals surface area contributed by atoms with E-state index in [0.717, 1.165) is 10.5 Å². The molecule has 0 spiro atoms. The molecular weight excluding hydrogens is 610 g/mol. The molecule has 0 radical (unpaired) electrons. The van der Waals surface area contributed by atoms with Crippen LogP contribution in [0.5, 0.6) is 11.5 Å². The largest absolute Gasteiger partial charge is 0.493 e. The highest BCUT2D eigenvalue weighted by molar-refractivity contribution is 14.1. The second kappa shape index (κ2) is 10.7. The Hall–Kier alpha value is -3.02. The summed E-state index contributed by atoms with van der Waals surface area (Å²) in [5, 5.41) is 3.06. The van der Waals surface area contributed by atoms with Gasteiger partial charge in [0.2, 0.25) is 0 Å². The van der Waals surface area contributed by atoms with Crippen LogP contribution in [0.15, 0.2) is 58.7 Å². The van der Waals surface area contributed by atoms with Crippen molar-refractivity contribution in [3.63, 3.8) is 0 Å². The molecule has 35 heavy (non-hydrogen) atoms. The average molecular weight is 627 g/mol. The normalized spacial score (nSPS) is 14.9. The van der Waals surface area contributed by atoms with Gasteiger partial charge in [-0.2, -0.15) is 0 Å². The molecule has 1 saturated heterocycles. The van der Waals surface area contributed by atoms with Crippen molar-refractivity contribution in [2.75, 3.05) is 7.11 Å². The van der Waals surface area contributed by atoms with Crippen LogP contribution in [0.1, 0.15) is 16.9 Å². The Morgan fingerprint density at radius 1 is 1.11 bits per heavy atom. The molecule has 3 aromatic rings. The molecule has 1 aromatic heterocycles. The van der Waals surface area contributed by atoms with E-state index in [1.165, 1.54) is 19.4 Å². The van der Waals surface area contributed by atoms with Crippen LogP contribution in [0.25, 0.3) is 6.08 Å². The van der Waals surface area contributed by atoms with Gasteiger partial charge in [-0.3, -0.25) is 19.8 Å². The van der Waals surface area contributed by atoms with Gasteiger partial charge in [-0.05, 0) is 76.2 Å². The molecule has 4 rings (SSSR count). The lowest BCUT2D eigenvalue weighted by atomic mass is 10.1. The number of furan rings is 1. The SMILES string of the molecule is COc1cc(/C=C2\C(=O)NC(=O)N(Cc3ccco3)C2=O)cc(I)c1OCc1ccc(Cl)c(Cl)c1. The van der Waals surface area contributed by atoms with Gasteiger partial charge >= 0.3 is 6.03 Å². The number of rotatable bonds is 7. The van der Waals surface area contributed by atoms with Crippen LogP contribution in [-0.2, 0) is 22.7 Å². The Bertz CT molecular complexity index is 1340. The summed E-state index contributed by atoms with van der Waals surface area (Å²) in [4.78, 5) is 38.5. The van der Waals surface area contributed by atoms with Gasteiger partial charge < -0.3 is 13.9 Å². The average Bonchev–Trinajstić information content (AvgIpc) is 3.34. The Morgan fingerprint density at radius 3 is 2.60 bits per heavy atom. The fourth-order valence-corrected chi connectivity index (χ4v) is 4.41. The number of nitrogens with zero attached hydrogens (tertiary/aromatic N) is 1. The predicted octanol–water partition coefficient (Wildman–Crippen LogP) is 5.44. The van der Waals surface area contributed by atoms with Crippen LogP contribution in [0.2, 0.25) is 10.0 Å². The molecule has 1 fully saturated rings. The second-order valence-corrected chi connectivity index (χ2v) is 9.34. The van der Waals surface area contributed by atoms with E-state index in [4.69, 9.17) is 37.1 Å². The maximum absolute atomic E-state index is 13.0. The summed E-state index contributed by atoms with van der Waals surface area (Å²) in [5.74, 6) is -0.234. The number of halogens is 3. The lowest BCUT2D eigenvalue weighted by molar-refractivity contribution is -0.130. The number of hydrogen-bond donors (Lipinski definition) is 1. The van der Waals surface area contributed by atoms with Gasteiger partial charge in [0.1, 0.15) is 17.9 Å². The van der Waals surface area contributed by atoms with Gasteiger partial charge in [0.25, 0.3) is 11.8 Å². The molecule has 2 heterocycles. The van der Waals surface area contributed by atoms with E-state index in [1.54, 1.807) is 42.5 Å². The minimum absolute atomic E-state index is 0.107. The summed E-state index contributed by atoms with van der Waals surface area (Å²) < 4.78 is 17.3. The third-order valence-corrected chi connectivity index (χ3v) is 6.55. The summed E-state index contributed by atoms with van der Waals surface area (Å²) in [5.41, 5.74) is 1.13. The number of nitrogens with one attached hydrogen (secondary N) is 1. The first-order valence-electron chi connectivity index (χ1n) is 10.1. The zero-order valence-electron chi connectivity index (χ0n) is 18.1. The van der Waals surface area contributed by atoms with Gasteiger partial charge in [0.05, 0.1) is 33.5 Å². The molecule has 0 unspecified atom stereocenters. The van der Waals surface area contributed by atoms with Gasteiger partial charge in [0, 0.05) is 0 Å². The van der Waals surface area contributed by atoms with E-state index in [9.17, 15) is 14.4 Å². The zero-order chi connectivity index (χ0) is 25.1. The molecule has 180 valence electrons. The van der Waals surface area contributed by atoms with Gasteiger partial charge in [-0.1, -0.05) is 29.3 Å². The molecule has 2 aromatic carbocycles. The quantitative estimate of drug-likeness (QED) is 0.213. The molecule has 8 nitrogen and oxygen atoms in total. The molecule has 1 aliphatic heterocycles. The van der Waals surface area contributed by atoms with Crippen molar-refractivity contribution < 1.29 is 28.3 Å². The molecule has 4 amide bonds. The topological polar surface area (TPSA) is 98.1 Å². The lowest BCUT2D eigenvalue weighted by Gasteiger charge is -2.25. The number of amides is 4. The fourth-order valence-electron chi connectivity index (χ4n) is 3.31. The number of barbiturate groups is 1. The zero-order valence-corrected chi connectivity index (χ0v) is 21.8. The van der Waals surface area contributed by atoms with E-state index in [2.05, 4.69) is 27.9 Å². The standard InChI is InChI=1S/C24H17Cl2IN2O6/c1-33-20-10-14(9-19(27)21(20)35-12-13-4-5-17(25)18(26)8-13)7-16-22(30)28-24(32)29(23(16)31)11-15-3-2-6-34-15/h2-10H,11-12H2,1H3,(H,28,30,32)/b16-7+. The van der Waals surface area contributed by atoms with Gasteiger partial charge in [-0.25, -0.2) is 4.79 Å². The summed E-state index contributed by atoms with van der Waals surface area (Å²) in [6.07, 6.45) is 2.83. The lowest BCUT2D eigenvalue weighted by Crippen LogP contribution is -2.53. The fraction of sp³-hybridized carbons (Fsp3) is 0.125. The predicted molar refractivity (Wildman–Crippen MR) is 137 cm³/mol. The number of hydrogen-bond acceptors (Lipinski definition) is 6. The number of carbonyl (C=O) groups is 3. The summed E-state index contributed by atoms with van der Waals surface area (Å²) in [6, 6.07) is 11.0. The number of methoxy groups -OCH3 is 1. The first kappa shape index (κ1) is 25.1. The van der Waals surface area contributed by atoms with Crippen molar-refractivity contribution >= 4 is 69.7 Å². The molecule has 11 heteroatoms. The minimum atomic E-state index is -0.813. The Labute approximate surface area is 223 Å². The Kier molecular flexibility index (Phi) is 7.68. The second-order valence-electron chi connectivity index (χ2n) is 7.36. The van der Waals surface area contributed by atoms with E-state index in [1.807, 2.05) is 0 Å². The van der Waals surface area contributed by atoms with Crippen LogP contribution in [0, 0.1) is 3.57 Å². The van der Waals surface area contributed by atoms with Crippen LogP contribution in [0.4, 0.5) is 4.79 Å². The summed E-state index contributed by atoms with van der Waals surface area (Å²) >= 11 is 14.1. The first-order chi connectivity index (χ1) is 16.8. The number of carbonyl (C=O) groups excluding carboxylic acids is 3. The Morgan fingerprint density at radius 2 is 1.91 bits per heavy atom. The monoisotopic (exact) mass is 626 g/mol. The molecular formula is C24H17Cl2IN2O6. The van der Waals surface area contributed by atoms with Crippen LogP contribution in [0.3, 0.4) is 0 Å². The van der Waals surface area contributed by atoms with Crippen LogP contribution in [-0.4, -0.2) is 29.9 Å². The van der Waals surface area contributed by atoms with E-state index < -0.39 is 17.8 Å². The molecule has 0 bridgehead atoms. The van der Waals surface area contributed by atoms with Crippen molar-refractivity contribution in [1.29, 1.82) is 0 Å². The molecule has 0 saturated carbocycles. The third kappa shape index (κ3) is 5.63. The molecule has 0 atom stereocenters. The van der Waals surface area contributed by atoms with Crippen LogP contribution < -0.4 is 14.8 Å². The number of ether oxygens (including phenoxy) is 2. The van der Waals surface area contributed by atoms with E-state index in [-0.39, 0.29) is 18.7 Å². The summed E-state index contributed by atoms with van der Waals surface area (Å²) in [7, 11) is 1.48. The third-order valence-electron chi connectivity index (χ3n) is 5.01. The maximum Gasteiger partial charge on any atom is 0.331 e. The van der Waals surface area contributed by atoms with Crippen molar-refractivity contribution in [2.24, 2.45) is 0 Å². The van der Waals surface area contributed by atoms with Crippen molar-refractivity contribution in [3.8, 4) is 11.5 Å². The van der Waals surface area contributed by atoms with Gasteiger partial charge in [-0.15, -0.1) is 0 Å². The first-order valence-corrected chi connectivity index (χ1v) is 12.0. The van der Waals surface area contributed by atoms with E-state index >= 15 is 0 Å². The number of benzene rings is 2. The molecule has 1 N–H and O–H groups in total. The highest BCUT2D eigenvalue weighted by Gasteiger charge is 2.36. The summed E-state index contributed by atoms with van der Waals surface area (Å²) in [6.45, 7) is 0.110. The maximum atomic E-state index is 13.0. The van der Waals surface area contributed by atoms with Crippen LogP contribution >= 0.6 is 45.8 Å². The minimum Gasteiger partial charge on any atom is -0.493 e. The smallest absolute Gasteiger partial charge is 0.331 e. The molecule has 0 aliphatic carbocycles. The van der Waals surface area contributed by atoms with E-state index in [0.29, 0.717) is 36.4 Å². The molecule has 1 aliphatic rings. The Balaban J connectivity index is 1.59.